The minimum Gasteiger partial charge on any atom is -0.376 e. The van der Waals surface area contributed by atoms with Gasteiger partial charge in [0.25, 0.3) is 0 Å². The molecule has 0 radical (unpaired) electrons. The second kappa shape index (κ2) is 4.97. The van der Waals surface area contributed by atoms with Crippen LogP contribution in [0.2, 0.25) is 0 Å². The van der Waals surface area contributed by atoms with Gasteiger partial charge in [-0.05, 0) is 31.1 Å². The van der Waals surface area contributed by atoms with Crippen molar-refractivity contribution in [2.45, 2.75) is 52.2 Å². The van der Waals surface area contributed by atoms with Crippen molar-refractivity contribution in [1.29, 1.82) is 0 Å². The zero-order valence-electron chi connectivity index (χ0n) is 9.12. The molecule has 2 N–H and O–H groups in total. The Kier molecular flexibility index (Phi) is 4.20. The van der Waals surface area contributed by atoms with Crippen LogP contribution in [-0.4, -0.2) is 18.8 Å². The summed E-state index contributed by atoms with van der Waals surface area (Å²) in [5, 5.41) is 0. The highest BCUT2D eigenvalue weighted by Crippen LogP contribution is 2.29. The molecule has 4 unspecified atom stereocenters. The molecule has 0 amide bonds. The Bertz CT molecular complexity index is 137. The standard InChI is InChI=1S/C11H23NO/c1-4-5-13-11-9(3)6-8(2)7-10(11)12/h8-11H,4-7,12H2,1-3H3. The second-order valence-corrected chi connectivity index (χ2v) is 4.55. The van der Waals surface area contributed by atoms with Crippen LogP contribution in [0.25, 0.3) is 0 Å². The van der Waals surface area contributed by atoms with E-state index < -0.39 is 0 Å². The van der Waals surface area contributed by atoms with Crippen LogP contribution in [0.3, 0.4) is 0 Å². The van der Waals surface area contributed by atoms with E-state index in [1.807, 2.05) is 0 Å². The van der Waals surface area contributed by atoms with Crippen LogP contribution in [0.5, 0.6) is 0 Å². The molecule has 0 aliphatic heterocycles. The summed E-state index contributed by atoms with van der Waals surface area (Å²) in [6.45, 7) is 7.54. The number of hydrogen-bond acceptors (Lipinski definition) is 2. The van der Waals surface area contributed by atoms with Crippen LogP contribution in [-0.2, 0) is 4.74 Å². The maximum absolute atomic E-state index is 6.08. The van der Waals surface area contributed by atoms with E-state index in [0.29, 0.717) is 12.0 Å². The number of rotatable bonds is 3. The topological polar surface area (TPSA) is 35.2 Å². The monoisotopic (exact) mass is 185 g/mol. The molecular formula is C11H23NO. The summed E-state index contributed by atoms with van der Waals surface area (Å²) in [6, 6.07) is 0.255. The molecule has 1 aliphatic carbocycles. The van der Waals surface area contributed by atoms with Gasteiger partial charge in [0.15, 0.2) is 0 Å². The average Bonchev–Trinajstić information content (AvgIpc) is 2.02. The van der Waals surface area contributed by atoms with E-state index >= 15 is 0 Å². The minimum absolute atomic E-state index is 0.255. The molecule has 2 heteroatoms. The molecule has 0 aromatic heterocycles. The lowest BCUT2D eigenvalue weighted by molar-refractivity contribution is -0.0279. The fourth-order valence-electron chi connectivity index (χ4n) is 2.43. The van der Waals surface area contributed by atoms with Gasteiger partial charge < -0.3 is 10.5 Å². The lowest BCUT2D eigenvalue weighted by Crippen LogP contribution is -2.46. The van der Waals surface area contributed by atoms with E-state index in [1.165, 1.54) is 6.42 Å². The lowest BCUT2D eigenvalue weighted by Gasteiger charge is -2.37. The molecular weight excluding hydrogens is 162 g/mol. The zero-order valence-corrected chi connectivity index (χ0v) is 9.12. The largest absolute Gasteiger partial charge is 0.376 e. The van der Waals surface area contributed by atoms with Gasteiger partial charge in [0.2, 0.25) is 0 Å². The van der Waals surface area contributed by atoms with E-state index in [0.717, 1.165) is 25.4 Å². The highest BCUT2D eigenvalue weighted by atomic mass is 16.5. The van der Waals surface area contributed by atoms with Crippen LogP contribution in [0.4, 0.5) is 0 Å². The van der Waals surface area contributed by atoms with Crippen LogP contribution in [0.15, 0.2) is 0 Å². The van der Waals surface area contributed by atoms with Gasteiger partial charge in [0.05, 0.1) is 6.10 Å². The van der Waals surface area contributed by atoms with Crippen LogP contribution < -0.4 is 5.73 Å². The highest BCUT2D eigenvalue weighted by Gasteiger charge is 2.31. The summed E-state index contributed by atoms with van der Waals surface area (Å²) in [5.74, 6) is 1.40. The van der Waals surface area contributed by atoms with Crippen LogP contribution >= 0.6 is 0 Å². The Morgan fingerprint density at radius 1 is 1.31 bits per heavy atom. The summed E-state index contributed by atoms with van der Waals surface area (Å²) in [5.41, 5.74) is 6.08. The quantitative estimate of drug-likeness (QED) is 0.731. The second-order valence-electron chi connectivity index (χ2n) is 4.55. The van der Waals surface area contributed by atoms with Gasteiger partial charge in [-0.3, -0.25) is 0 Å². The molecule has 1 rings (SSSR count). The van der Waals surface area contributed by atoms with Gasteiger partial charge in [-0.25, -0.2) is 0 Å². The van der Waals surface area contributed by atoms with Gasteiger partial charge in [-0.2, -0.15) is 0 Å². The summed E-state index contributed by atoms with van der Waals surface area (Å²) in [7, 11) is 0. The lowest BCUT2D eigenvalue weighted by atomic mass is 9.78. The first-order valence-electron chi connectivity index (χ1n) is 5.52. The third-order valence-corrected chi connectivity index (χ3v) is 2.95. The first-order valence-corrected chi connectivity index (χ1v) is 5.52. The van der Waals surface area contributed by atoms with E-state index in [2.05, 4.69) is 20.8 Å². The Balaban J connectivity index is 2.41. The zero-order chi connectivity index (χ0) is 9.84. The van der Waals surface area contributed by atoms with E-state index in [4.69, 9.17) is 10.5 Å². The van der Waals surface area contributed by atoms with Crippen molar-refractivity contribution in [2.24, 2.45) is 17.6 Å². The van der Waals surface area contributed by atoms with Crippen LogP contribution in [0, 0.1) is 11.8 Å². The van der Waals surface area contributed by atoms with Gasteiger partial charge >= 0.3 is 0 Å². The predicted molar refractivity (Wildman–Crippen MR) is 55.6 cm³/mol. The van der Waals surface area contributed by atoms with Gasteiger partial charge in [0.1, 0.15) is 0 Å². The molecule has 4 atom stereocenters. The van der Waals surface area contributed by atoms with Crippen molar-refractivity contribution in [3.8, 4) is 0 Å². The molecule has 78 valence electrons. The number of nitrogens with two attached hydrogens (primary N) is 1. The first-order chi connectivity index (χ1) is 6.15. The summed E-state index contributed by atoms with van der Waals surface area (Å²) in [6.07, 6.45) is 3.78. The van der Waals surface area contributed by atoms with Crippen LogP contribution in [0.1, 0.15) is 40.0 Å². The molecule has 0 aromatic rings. The Hall–Kier alpha value is -0.0800. The fraction of sp³-hybridized carbons (Fsp3) is 1.00. The Morgan fingerprint density at radius 2 is 2.00 bits per heavy atom. The van der Waals surface area contributed by atoms with Crippen molar-refractivity contribution in [2.75, 3.05) is 6.61 Å². The molecule has 0 heterocycles. The molecule has 0 bridgehead atoms. The van der Waals surface area contributed by atoms with Crippen molar-refractivity contribution < 1.29 is 4.74 Å². The molecule has 1 saturated carbocycles. The normalized spacial score (nSPS) is 40.6. The summed E-state index contributed by atoms with van der Waals surface area (Å²) in [4.78, 5) is 0. The minimum atomic E-state index is 0.255. The summed E-state index contributed by atoms with van der Waals surface area (Å²) < 4.78 is 5.78. The average molecular weight is 185 g/mol. The van der Waals surface area contributed by atoms with E-state index in [1.54, 1.807) is 0 Å². The first kappa shape index (κ1) is 11.0. The number of hydrogen-bond donors (Lipinski definition) is 1. The van der Waals surface area contributed by atoms with Gasteiger partial charge in [-0.15, -0.1) is 0 Å². The molecule has 13 heavy (non-hydrogen) atoms. The number of ether oxygens (including phenoxy) is 1. The highest BCUT2D eigenvalue weighted by molar-refractivity contribution is 4.86. The maximum Gasteiger partial charge on any atom is 0.0751 e. The third-order valence-electron chi connectivity index (χ3n) is 2.95. The molecule has 0 aromatic carbocycles. The van der Waals surface area contributed by atoms with E-state index in [9.17, 15) is 0 Å². The Labute approximate surface area is 81.8 Å². The van der Waals surface area contributed by atoms with Gasteiger partial charge in [0, 0.05) is 12.6 Å². The third kappa shape index (κ3) is 2.96. The van der Waals surface area contributed by atoms with Gasteiger partial charge in [-0.1, -0.05) is 20.8 Å². The molecule has 1 fully saturated rings. The smallest absolute Gasteiger partial charge is 0.0751 e. The van der Waals surface area contributed by atoms with Crippen molar-refractivity contribution in [3.63, 3.8) is 0 Å². The maximum atomic E-state index is 6.08. The van der Waals surface area contributed by atoms with Crippen molar-refractivity contribution in [3.05, 3.63) is 0 Å². The predicted octanol–water partition coefficient (Wildman–Crippen LogP) is 2.17. The fourth-order valence-corrected chi connectivity index (χ4v) is 2.43. The van der Waals surface area contributed by atoms with E-state index in [-0.39, 0.29) is 6.04 Å². The Morgan fingerprint density at radius 3 is 2.54 bits per heavy atom. The molecule has 0 spiro atoms. The molecule has 0 saturated heterocycles. The SMILES string of the molecule is CCCOC1C(C)CC(C)CC1N. The molecule has 2 nitrogen and oxygen atoms in total. The van der Waals surface area contributed by atoms with Crippen molar-refractivity contribution >= 4 is 0 Å². The van der Waals surface area contributed by atoms with Crippen molar-refractivity contribution in [1.82, 2.24) is 0 Å². The summed E-state index contributed by atoms with van der Waals surface area (Å²) >= 11 is 0. The molecule has 1 aliphatic rings.